The van der Waals surface area contributed by atoms with Crippen molar-refractivity contribution in [3.63, 3.8) is 0 Å². The van der Waals surface area contributed by atoms with Gasteiger partial charge in [-0.2, -0.15) is 4.90 Å². The number of unbranched alkanes of at least 4 members (excludes halogenated alkanes) is 22. The lowest BCUT2D eigenvalue weighted by molar-refractivity contribution is 0.428. The predicted molar refractivity (Wildman–Crippen MR) is 140 cm³/mol. The van der Waals surface area contributed by atoms with Gasteiger partial charge in [0, 0.05) is 12.8 Å². The molecule has 1 nitrogen and oxygen atoms in total. The van der Waals surface area contributed by atoms with Gasteiger partial charge in [-0.05, 0) is 12.8 Å². The Labute approximate surface area is 193 Å². The molecule has 0 aliphatic heterocycles. The molecule has 0 bridgehead atoms. The van der Waals surface area contributed by atoms with E-state index < -0.39 is 0 Å². The van der Waals surface area contributed by atoms with Crippen molar-refractivity contribution < 1.29 is 0 Å². The minimum atomic E-state index is 1.31. The summed E-state index contributed by atoms with van der Waals surface area (Å²) in [5.41, 5.74) is 0. The van der Waals surface area contributed by atoms with Gasteiger partial charge in [-0.25, -0.2) is 0 Å². The van der Waals surface area contributed by atoms with Gasteiger partial charge in [-0.3, -0.25) is 0 Å². The zero-order valence-corrected chi connectivity index (χ0v) is 21.8. The van der Waals surface area contributed by atoms with E-state index in [-0.39, 0.29) is 0 Å². The molecule has 0 spiro atoms. The quantitative estimate of drug-likeness (QED) is 0.0963. The van der Waals surface area contributed by atoms with Gasteiger partial charge >= 0.3 is 0 Å². The van der Waals surface area contributed by atoms with Crippen molar-refractivity contribution in [1.82, 2.24) is 4.90 Å². The Balaban J connectivity index is 3.13. The van der Waals surface area contributed by atoms with E-state index >= 15 is 0 Å². The van der Waals surface area contributed by atoms with Crippen molar-refractivity contribution in [3.05, 3.63) is 0 Å². The molecule has 0 atom stereocenters. The molecule has 0 rings (SSSR count). The van der Waals surface area contributed by atoms with Crippen LogP contribution in [0.5, 0.6) is 0 Å². The topological polar surface area (TPSA) is 5.90 Å². The smallest absolute Gasteiger partial charge is 0.122 e. The second kappa shape index (κ2) is 27.0. The molecule has 1 heteroatoms. The predicted octanol–water partition coefficient (Wildman–Crippen LogP) is 10.2. The first kappa shape index (κ1) is 30.0. The lowest BCUT2D eigenvalue weighted by Crippen LogP contribution is -2.27. The van der Waals surface area contributed by atoms with E-state index in [0.29, 0.717) is 0 Å². The van der Waals surface area contributed by atoms with Crippen LogP contribution in [0.2, 0.25) is 0 Å². The van der Waals surface area contributed by atoms with Crippen molar-refractivity contribution in [2.75, 3.05) is 20.1 Å². The maximum atomic E-state index is 2.58. The summed E-state index contributed by atoms with van der Waals surface area (Å²) in [5, 5.41) is 0. The molecule has 0 heterocycles. The number of rotatable bonds is 26. The second-order valence-corrected chi connectivity index (χ2v) is 10.1. The molecule has 1 radical (unpaired) electrons. The van der Waals surface area contributed by atoms with Gasteiger partial charge < -0.3 is 0 Å². The van der Waals surface area contributed by atoms with Crippen LogP contribution < -0.4 is 4.90 Å². The highest BCUT2D eigenvalue weighted by Gasteiger charge is 2.06. The highest BCUT2D eigenvalue weighted by molar-refractivity contribution is 4.59. The molecule has 0 saturated carbocycles. The SMILES string of the molecule is CCCCCCCCCCCCCC[N+](C)CCCCCCCCCCCCCC. The molecule has 0 amide bonds. The molecule has 0 aliphatic rings. The van der Waals surface area contributed by atoms with Crippen LogP contribution >= 0.6 is 0 Å². The minimum absolute atomic E-state index is 1.31. The molecule has 0 N–H and O–H groups in total. The molecule has 0 aliphatic carbocycles. The number of hydrogen-bond acceptors (Lipinski definition) is 1. The standard InChI is InChI=1S/C29H61N/c1-4-6-8-10-12-14-16-18-20-22-24-26-28-30(3)29-27-25-23-21-19-17-15-13-11-9-7-5-2/h4-29H2,1-3H3/q+1. The van der Waals surface area contributed by atoms with Crippen LogP contribution in [0.3, 0.4) is 0 Å². The summed E-state index contributed by atoms with van der Waals surface area (Å²) in [6.45, 7) is 7.24. The third-order valence-electron chi connectivity index (χ3n) is 6.79. The van der Waals surface area contributed by atoms with Crippen molar-refractivity contribution in [2.24, 2.45) is 0 Å². The lowest BCUT2D eigenvalue weighted by atomic mass is 10.0. The molecular weight excluding hydrogens is 362 g/mol. The van der Waals surface area contributed by atoms with E-state index in [0.717, 1.165) is 0 Å². The molecule has 0 aromatic heterocycles. The number of nitrogens with zero attached hydrogens (tertiary/aromatic N) is 1. The highest BCUT2D eigenvalue weighted by Crippen LogP contribution is 2.13. The maximum Gasteiger partial charge on any atom is 0.122 e. The Kier molecular flexibility index (Phi) is 27.0. The van der Waals surface area contributed by atoms with Crippen molar-refractivity contribution in [2.45, 2.75) is 168 Å². The first-order chi connectivity index (χ1) is 14.8. The van der Waals surface area contributed by atoms with Gasteiger partial charge in [0.1, 0.15) is 20.1 Å². The van der Waals surface area contributed by atoms with Crippen LogP contribution in [-0.2, 0) is 0 Å². The van der Waals surface area contributed by atoms with Crippen molar-refractivity contribution in [3.8, 4) is 0 Å². The van der Waals surface area contributed by atoms with E-state index in [1.165, 1.54) is 167 Å². The monoisotopic (exact) mass is 423 g/mol. The summed E-state index contributed by atoms with van der Waals surface area (Å²) < 4.78 is 0. The highest BCUT2D eigenvalue weighted by atomic mass is 15.1. The van der Waals surface area contributed by atoms with Crippen LogP contribution in [0.15, 0.2) is 0 Å². The van der Waals surface area contributed by atoms with Crippen LogP contribution in [-0.4, -0.2) is 20.1 Å². The maximum absolute atomic E-state index is 2.58. The van der Waals surface area contributed by atoms with Crippen LogP contribution in [0.4, 0.5) is 0 Å². The van der Waals surface area contributed by atoms with Crippen LogP contribution in [0.25, 0.3) is 0 Å². The molecular formula is C29H61N+. The Bertz CT molecular complexity index is 260. The Morgan fingerprint density at radius 1 is 0.300 bits per heavy atom. The average Bonchev–Trinajstić information content (AvgIpc) is 2.75. The van der Waals surface area contributed by atoms with Crippen molar-refractivity contribution >= 4 is 0 Å². The van der Waals surface area contributed by atoms with E-state index in [4.69, 9.17) is 0 Å². The second-order valence-electron chi connectivity index (χ2n) is 10.1. The van der Waals surface area contributed by atoms with Crippen molar-refractivity contribution in [1.29, 1.82) is 0 Å². The van der Waals surface area contributed by atoms with Crippen LogP contribution in [0, 0.1) is 0 Å². The van der Waals surface area contributed by atoms with Gasteiger partial charge in [0.2, 0.25) is 0 Å². The zero-order valence-electron chi connectivity index (χ0n) is 21.8. The molecule has 0 aromatic carbocycles. The third kappa shape index (κ3) is 26.0. The van der Waals surface area contributed by atoms with Gasteiger partial charge in [0.05, 0.1) is 0 Å². The Hall–Kier alpha value is -0.0400. The van der Waals surface area contributed by atoms with Crippen LogP contribution in [0.1, 0.15) is 168 Å². The van der Waals surface area contributed by atoms with E-state index in [2.05, 4.69) is 25.8 Å². The van der Waals surface area contributed by atoms with Gasteiger partial charge in [0.25, 0.3) is 0 Å². The summed E-state index contributed by atoms with van der Waals surface area (Å²) in [4.78, 5) is 2.58. The molecule has 0 unspecified atom stereocenters. The van der Waals surface area contributed by atoms with Gasteiger partial charge in [-0.1, -0.05) is 142 Å². The largest absolute Gasteiger partial charge is 0.173 e. The van der Waals surface area contributed by atoms with E-state index in [9.17, 15) is 0 Å². The first-order valence-electron chi connectivity index (χ1n) is 14.5. The summed E-state index contributed by atoms with van der Waals surface area (Å²) in [5.74, 6) is 0. The average molecular weight is 424 g/mol. The zero-order chi connectivity index (χ0) is 22.0. The summed E-state index contributed by atoms with van der Waals surface area (Å²) >= 11 is 0. The number of hydrogen-bond donors (Lipinski definition) is 0. The fourth-order valence-corrected chi connectivity index (χ4v) is 4.56. The fourth-order valence-electron chi connectivity index (χ4n) is 4.56. The van der Waals surface area contributed by atoms with E-state index in [1.54, 1.807) is 0 Å². The summed E-state index contributed by atoms with van der Waals surface area (Å²) in [6, 6.07) is 0. The molecule has 0 fully saturated rings. The Morgan fingerprint density at radius 2 is 0.500 bits per heavy atom. The fraction of sp³-hybridized carbons (Fsp3) is 1.00. The summed E-state index contributed by atoms with van der Waals surface area (Å²) in [7, 11) is 2.33. The third-order valence-corrected chi connectivity index (χ3v) is 6.79. The lowest BCUT2D eigenvalue weighted by Gasteiger charge is -2.07. The van der Waals surface area contributed by atoms with Gasteiger partial charge in [0.15, 0.2) is 0 Å². The molecule has 30 heavy (non-hydrogen) atoms. The van der Waals surface area contributed by atoms with E-state index in [1.807, 2.05) is 0 Å². The minimum Gasteiger partial charge on any atom is -0.173 e. The first-order valence-corrected chi connectivity index (χ1v) is 14.5. The van der Waals surface area contributed by atoms with Gasteiger partial charge in [-0.15, -0.1) is 0 Å². The normalized spacial score (nSPS) is 11.6. The summed E-state index contributed by atoms with van der Waals surface area (Å²) in [6.07, 6.45) is 34.9. The molecule has 181 valence electrons. The Morgan fingerprint density at radius 3 is 0.733 bits per heavy atom. The molecule has 0 saturated heterocycles. The molecule has 0 aromatic rings.